The molecule has 2 aromatic rings. The number of nitrogens with one attached hydrogen (secondary N) is 1. The summed E-state index contributed by atoms with van der Waals surface area (Å²) in [5.74, 6) is -0.134. The largest absolute Gasteiger partial charge is 0.417 e. The number of hydrazone groups is 1. The summed E-state index contributed by atoms with van der Waals surface area (Å²) < 4.78 is 38.6. The fourth-order valence-corrected chi connectivity index (χ4v) is 2.11. The monoisotopic (exact) mass is 334 g/mol. The molecule has 1 N–H and O–H groups in total. The number of halogens is 3. The van der Waals surface area contributed by atoms with Gasteiger partial charge in [-0.3, -0.25) is 4.79 Å². The minimum Gasteiger partial charge on any atom is -0.267 e. The molecule has 0 radical (unpaired) electrons. The highest BCUT2D eigenvalue weighted by Gasteiger charge is 2.32. The maximum absolute atomic E-state index is 12.9. The van der Waals surface area contributed by atoms with Crippen molar-refractivity contribution in [2.45, 2.75) is 25.9 Å². The van der Waals surface area contributed by atoms with E-state index in [1.54, 1.807) is 12.1 Å². The molecular weight excluding hydrogens is 317 g/mol. The van der Waals surface area contributed by atoms with Crippen molar-refractivity contribution in [3.63, 3.8) is 0 Å². The third kappa shape index (κ3) is 4.44. The fraction of sp³-hybridized carbons (Fsp3) is 0.222. The second kappa shape index (κ2) is 7.29. The summed E-state index contributed by atoms with van der Waals surface area (Å²) in [6.07, 6.45) is -3.48. The van der Waals surface area contributed by atoms with Crippen LogP contribution in [0, 0.1) is 0 Å². The van der Waals surface area contributed by atoms with Crippen molar-refractivity contribution < 1.29 is 18.0 Å². The summed E-state index contributed by atoms with van der Waals surface area (Å²) in [6, 6.07) is 12.0. The number of rotatable bonds is 4. The van der Waals surface area contributed by atoms with Gasteiger partial charge >= 0.3 is 6.18 Å². The Kier molecular flexibility index (Phi) is 5.39. The Balaban J connectivity index is 2.08. The maximum Gasteiger partial charge on any atom is 0.417 e. The number of carbonyl (C=O) groups excluding carboxylic acids is 1. The summed E-state index contributed by atoms with van der Waals surface area (Å²) in [6.45, 7) is 4.08. The van der Waals surface area contributed by atoms with Gasteiger partial charge in [0, 0.05) is 11.1 Å². The molecule has 0 aromatic heterocycles. The molecule has 2 rings (SSSR count). The van der Waals surface area contributed by atoms with Gasteiger partial charge in [0.25, 0.3) is 5.91 Å². The predicted molar refractivity (Wildman–Crippen MR) is 87.0 cm³/mol. The Morgan fingerprint density at radius 2 is 1.71 bits per heavy atom. The van der Waals surface area contributed by atoms with Gasteiger partial charge in [-0.1, -0.05) is 44.2 Å². The number of carbonyl (C=O) groups is 1. The first kappa shape index (κ1) is 17.7. The molecule has 0 bridgehead atoms. The van der Waals surface area contributed by atoms with Crippen LogP contribution in [0.2, 0.25) is 0 Å². The quantitative estimate of drug-likeness (QED) is 0.645. The molecule has 0 unspecified atom stereocenters. The Labute approximate surface area is 138 Å². The molecule has 1 amide bonds. The SMILES string of the molecule is CC(C)c1ccc(C(=O)NN=Cc2ccccc2C(F)(F)F)cc1. The summed E-state index contributed by atoms with van der Waals surface area (Å²) in [5, 5.41) is 3.63. The molecule has 0 aliphatic heterocycles. The summed E-state index contributed by atoms with van der Waals surface area (Å²) in [5.41, 5.74) is 2.81. The van der Waals surface area contributed by atoms with Gasteiger partial charge in [-0.15, -0.1) is 0 Å². The van der Waals surface area contributed by atoms with Gasteiger partial charge in [-0.2, -0.15) is 18.3 Å². The van der Waals surface area contributed by atoms with Crippen LogP contribution in [0.4, 0.5) is 13.2 Å². The van der Waals surface area contributed by atoms with Gasteiger partial charge in [0.15, 0.2) is 0 Å². The van der Waals surface area contributed by atoms with Crippen LogP contribution in [0.1, 0.15) is 46.8 Å². The highest BCUT2D eigenvalue weighted by Crippen LogP contribution is 2.31. The molecule has 3 nitrogen and oxygen atoms in total. The molecule has 0 spiro atoms. The van der Waals surface area contributed by atoms with Crippen LogP contribution >= 0.6 is 0 Å². The second-order valence-electron chi connectivity index (χ2n) is 5.56. The molecule has 0 aliphatic carbocycles. The Bertz CT molecular complexity index is 735. The lowest BCUT2D eigenvalue weighted by Gasteiger charge is -2.09. The van der Waals surface area contributed by atoms with E-state index < -0.39 is 17.6 Å². The average molecular weight is 334 g/mol. The van der Waals surface area contributed by atoms with Crippen LogP contribution in [-0.4, -0.2) is 12.1 Å². The van der Waals surface area contributed by atoms with Gasteiger partial charge in [0.1, 0.15) is 0 Å². The number of amides is 1. The topological polar surface area (TPSA) is 41.5 Å². The number of hydrogen-bond donors (Lipinski definition) is 1. The zero-order chi connectivity index (χ0) is 17.7. The smallest absolute Gasteiger partial charge is 0.267 e. The summed E-state index contributed by atoms with van der Waals surface area (Å²) in [4.78, 5) is 12.0. The van der Waals surface area contributed by atoms with Crippen molar-refractivity contribution >= 4 is 12.1 Å². The normalized spacial score (nSPS) is 11.9. The third-order valence-corrected chi connectivity index (χ3v) is 3.48. The second-order valence-corrected chi connectivity index (χ2v) is 5.56. The average Bonchev–Trinajstić information content (AvgIpc) is 2.54. The van der Waals surface area contributed by atoms with Crippen LogP contribution in [0.15, 0.2) is 53.6 Å². The van der Waals surface area contributed by atoms with Gasteiger partial charge in [0.2, 0.25) is 0 Å². The van der Waals surface area contributed by atoms with Crippen molar-refractivity contribution in [1.82, 2.24) is 5.43 Å². The van der Waals surface area contributed by atoms with E-state index in [9.17, 15) is 18.0 Å². The molecule has 0 aliphatic rings. The van der Waals surface area contributed by atoms with Crippen LogP contribution in [0.25, 0.3) is 0 Å². The number of nitrogens with zero attached hydrogens (tertiary/aromatic N) is 1. The standard InChI is InChI=1S/C18H17F3N2O/c1-12(2)13-7-9-14(10-8-13)17(24)23-22-11-15-5-3-4-6-16(15)18(19,20)21/h3-12H,1-2H3,(H,23,24). The van der Waals surface area contributed by atoms with Crippen molar-refractivity contribution in [3.8, 4) is 0 Å². The molecule has 6 heteroatoms. The van der Waals surface area contributed by atoms with E-state index in [1.807, 2.05) is 26.0 Å². The van der Waals surface area contributed by atoms with Crippen LogP contribution < -0.4 is 5.43 Å². The summed E-state index contributed by atoms with van der Waals surface area (Å²) in [7, 11) is 0. The minimum absolute atomic E-state index is 0.111. The van der Waals surface area contributed by atoms with E-state index in [2.05, 4.69) is 10.5 Å². The van der Waals surface area contributed by atoms with Crippen LogP contribution in [0.5, 0.6) is 0 Å². The zero-order valence-electron chi connectivity index (χ0n) is 13.3. The van der Waals surface area contributed by atoms with E-state index in [0.29, 0.717) is 11.5 Å². The lowest BCUT2D eigenvalue weighted by molar-refractivity contribution is -0.137. The van der Waals surface area contributed by atoms with Crippen LogP contribution in [0.3, 0.4) is 0 Å². The number of benzene rings is 2. The van der Waals surface area contributed by atoms with Crippen molar-refractivity contribution in [2.24, 2.45) is 5.10 Å². The van der Waals surface area contributed by atoms with Gasteiger partial charge in [-0.25, -0.2) is 5.43 Å². The van der Waals surface area contributed by atoms with E-state index >= 15 is 0 Å². The first-order valence-corrected chi connectivity index (χ1v) is 7.38. The molecule has 2 aromatic carbocycles. The number of hydrogen-bond acceptors (Lipinski definition) is 2. The van der Waals surface area contributed by atoms with E-state index in [1.165, 1.54) is 18.2 Å². The van der Waals surface area contributed by atoms with Gasteiger partial charge in [0.05, 0.1) is 11.8 Å². The van der Waals surface area contributed by atoms with Crippen molar-refractivity contribution in [3.05, 3.63) is 70.8 Å². The van der Waals surface area contributed by atoms with Gasteiger partial charge in [-0.05, 0) is 29.7 Å². The lowest BCUT2D eigenvalue weighted by Crippen LogP contribution is -2.18. The Hall–Kier alpha value is -2.63. The van der Waals surface area contributed by atoms with Crippen molar-refractivity contribution in [2.75, 3.05) is 0 Å². The highest BCUT2D eigenvalue weighted by atomic mass is 19.4. The summed E-state index contributed by atoms with van der Waals surface area (Å²) >= 11 is 0. The maximum atomic E-state index is 12.9. The van der Waals surface area contributed by atoms with Crippen LogP contribution in [-0.2, 0) is 6.18 Å². The van der Waals surface area contributed by atoms with E-state index in [0.717, 1.165) is 17.8 Å². The van der Waals surface area contributed by atoms with Crippen molar-refractivity contribution in [1.29, 1.82) is 0 Å². The molecule has 0 saturated carbocycles. The zero-order valence-corrected chi connectivity index (χ0v) is 13.3. The molecule has 0 heterocycles. The highest BCUT2D eigenvalue weighted by molar-refractivity contribution is 5.95. The van der Waals surface area contributed by atoms with Gasteiger partial charge < -0.3 is 0 Å². The van der Waals surface area contributed by atoms with E-state index in [4.69, 9.17) is 0 Å². The molecule has 0 atom stereocenters. The molecule has 0 saturated heterocycles. The lowest BCUT2D eigenvalue weighted by atomic mass is 10.0. The first-order valence-electron chi connectivity index (χ1n) is 7.38. The molecule has 24 heavy (non-hydrogen) atoms. The third-order valence-electron chi connectivity index (χ3n) is 3.48. The first-order chi connectivity index (χ1) is 11.3. The van der Waals surface area contributed by atoms with E-state index in [-0.39, 0.29) is 5.56 Å². The fourth-order valence-electron chi connectivity index (χ4n) is 2.11. The number of alkyl halides is 3. The minimum atomic E-state index is -4.47. The molecule has 0 fully saturated rings. The predicted octanol–water partition coefficient (Wildman–Crippen LogP) is 4.59. The molecule has 126 valence electrons. The Morgan fingerprint density at radius 1 is 1.08 bits per heavy atom. The molecular formula is C18H17F3N2O. The Morgan fingerprint density at radius 3 is 2.29 bits per heavy atom.